The summed E-state index contributed by atoms with van der Waals surface area (Å²) in [6.45, 7) is 1.90. The molecule has 1 aliphatic rings. The summed E-state index contributed by atoms with van der Waals surface area (Å²) in [6.07, 6.45) is 0. The van der Waals surface area contributed by atoms with Crippen molar-refractivity contribution in [3.05, 3.63) is 59.2 Å². The number of halogens is 1. The minimum Gasteiger partial charge on any atom is -0.325 e. The van der Waals surface area contributed by atoms with Gasteiger partial charge in [0.25, 0.3) is 0 Å². The fourth-order valence-electron chi connectivity index (χ4n) is 2.71. The number of amides is 1. The van der Waals surface area contributed by atoms with Gasteiger partial charge in [-0.3, -0.25) is 4.79 Å². The van der Waals surface area contributed by atoms with E-state index in [1.807, 2.05) is 30.5 Å². The highest BCUT2D eigenvalue weighted by Crippen LogP contribution is 2.36. The molecule has 1 aliphatic heterocycles. The molecule has 1 atom stereocenters. The summed E-state index contributed by atoms with van der Waals surface area (Å²) in [5.74, 6) is -0.363. The van der Waals surface area contributed by atoms with Crippen LogP contribution in [0.1, 0.15) is 18.4 Å². The van der Waals surface area contributed by atoms with Crippen molar-refractivity contribution in [1.82, 2.24) is 4.98 Å². The third-order valence-corrected chi connectivity index (χ3v) is 4.95. The van der Waals surface area contributed by atoms with Gasteiger partial charge in [-0.15, -0.1) is 11.3 Å². The van der Waals surface area contributed by atoms with Crippen LogP contribution in [0.3, 0.4) is 0 Å². The van der Waals surface area contributed by atoms with Crippen LogP contribution in [0.2, 0.25) is 0 Å². The number of fused-ring (bicyclic) bond motifs is 1. The van der Waals surface area contributed by atoms with Gasteiger partial charge in [0, 0.05) is 22.2 Å². The highest BCUT2D eigenvalue weighted by atomic mass is 32.1. The second-order valence-electron chi connectivity index (χ2n) is 5.56. The molecule has 0 aliphatic carbocycles. The van der Waals surface area contributed by atoms with E-state index in [-0.39, 0.29) is 17.6 Å². The first-order valence-corrected chi connectivity index (χ1v) is 8.16. The van der Waals surface area contributed by atoms with Crippen molar-refractivity contribution < 1.29 is 9.18 Å². The lowest BCUT2D eigenvalue weighted by Crippen LogP contribution is -2.08. The van der Waals surface area contributed by atoms with Crippen molar-refractivity contribution in [3.8, 4) is 21.8 Å². The van der Waals surface area contributed by atoms with Crippen LogP contribution >= 0.6 is 11.3 Å². The topological polar surface area (TPSA) is 42.0 Å². The molecule has 0 bridgehead atoms. The van der Waals surface area contributed by atoms with Crippen molar-refractivity contribution in [2.24, 2.45) is 0 Å². The summed E-state index contributed by atoms with van der Waals surface area (Å²) in [7, 11) is 0. The van der Waals surface area contributed by atoms with Gasteiger partial charge in [0.05, 0.1) is 11.6 Å². The van der Waals surface area contributed by atoms with E-state index in [2.05, 4.69) is 10.3 Å². The first kappa shape index (κ1) is 14.1. The Morgan fingerprint density at radius 1 is 1.13 bits per heavy atom. The van der Waals surface area contributed by atoms with Gasteiger partial charge in [-0.2, -0.15) is 0 Å². The summed E-state index contributed by atoms with van der Waals surface area (Å²) in [5, 5.41) is 5.70. The molecule has 0 spiro atoms. The lowest BCUT2D eigenvalue weighted by molar-refractivity contribution is -0.116. The third kappa shape index (κ3) is 2.43. The molecule has 0 fully saturated rings. The van der Waals surface area contributed by atoms with Crippen LogP contribution < -0.4 is 5.32 Å². The average molecular weight is 324 g/mol. The lowest BCUT2D eigenvalue weighted by atomic mass is 9.99. The fraction of sp³-hybridized carbons (Fsp3) is 0.111. The Labute approximate surface area is 136 Å². The number of hydrogen-bond acceptors (Lipinski definition) is 3. The van der Waals surface area contributed by atoms with Gasteiger partial charge >= 0.3 is 0 Å². The van der Waals surface area contributed by atoms with Crippen LogP contribution in [-0.2, 0) is 4.79 Å². The molecule has 4 rings (SSSR count). The van der Waals surface area contributed by atoms with Crippen LogP contribution in [0.5, 0.6) is 0 Å². The van der Waals surface area contributed by atoms with Gasteiger partial charge in [-0.05, 0) is 48.9 Å². The van der Waals surface area contributed by atoms with Crippen molar-refractivity contribution >= 4 is 22.9 Å². The maximum atomic E-state index is 13.0. The maximum absolute atomic E-state index is 13.0. The highest BCUT2D eigenvalue weighted by molar-refractivity contribution is 7.13. The second-order valence-corrected chi connectivity index (χ2v) is 6.42. The van der Waals surface area contributed by atoms with E-state index in [1.165, 1.54) is 23.5 Å². The number of anilines is 1. The highest BCUT2D eigenvalue weighted by Gasteiger charge is 2.26. The van der Waals surface area contributed by atoms with Crippen molar-refractivity contribution in [1.29, 1.82) is 0 Å². The summed E-state index contributed by atoms with van der Waals surface area (Å²) < 4.78 is 13.0. The van der Waals surface area contributed by atoms with Gasteiger partial charge in [-0.1, -0.05) is 6.07 Å². The Balaban J connectivity index is 1.70. The minimum atomic E-state index is -0.254. The Morgan fingerprint density at radius 2 is 1.87 bits per heavy atom. The zero-order valence-corrected chi connectivity index (χ0v) is 13.2. The largest absolute Gasteiger partial charge is 0.325 e. The smallest absolute Gasteiger partial charge is 0.231 e. The molecular weight excluding hydrogens is 311 g/mol. The summed E-state index contributed by atoms with van der Waals surface area (Å²) in [6, 6.07) is 12.2. The number of benzene rings is 2. The maximum Gasteiger partial charge on any atom is 0.231 e. The van der Waals surface area contributed by atoms with E-state index in [0.29, 0.717) is 0 Å². The number of nitrogens with zero attached hydrogens (tertiary/aromatic N) is 1. The summed E-state index contributed by atoms with van der Waals surface area (Å²) in [4.78, 5) is 16.4. The zero-order valence-electron chi connectivity index (χ0n) is 12.3. The van der Waals surface area contributed by atoms with E-state index in [0.717, 1.165) is 33.1 Å². The molecule has 3 nitrogen and oxygen atoms in total. The van der Waals surface area contributed by atoms with E-state index in [9.17, 15) is 9.18 Å². The molecule has 114 valence electrons. The standard InChI is InChI=1S/C18H13FN2OS/c1-10-14-8-12(4-7-15(14)20-17(10)22)16-9-23-18(21-16)11-2-5-13(19)6-3-11/h2-10H,1H3,(H,20,22)/t10-/m0/s1. The number of hydrogen-bond donors (Lipinski definition) is 1. The molecule has 1 N–H and O–H groups in total. The molecule has 0 radical (unpaired) electrons. The first-order valence-electron chi connectivity index (χ1n) is 7.28. The summed E-state index contributed by atoms with van der Waals surface area (Å²) in [5.41, 5.74) is 4.62. The van der Waals surface area contributed by atoms with Crippen LogP contribution in [0.4, 0.5) is 10.1 Å². The number of nitrogens with one attached hydrogen (secondary N) is 1. The summed E-state index contributed by atoms with van der Waals surface area (Å²) >= 11 is 1.52. The van der Waals surface area contributed by atoms with Gasteiger partial charge in [0.1, 0.15) is 10.8 Å². The van der Waals surface area contributed by atoms with Crippen molar-refractivity contribution in [3.63, 3.8) is 0 Å². The first-order chi connectivity index (χ1) is 11.1. The zero-order chi connectivity index (χ0) is 16.0. The number of rotatable bonds is 2. The molecule has 0 unspecified atom stereocenters. The number of carbonyl (C=O) groups is 1. The Bertz CT molecular complexity index is 902. The van der Waals surface area contributed by atoms with E-state index < -0.39 is 0 Å². The molecule has 0 saturated heterocycles. The quantitative estimate of drug-likeness (QED) is 0.744. The number of aromatic nitrogens is 1. The van der Waals surface area contributed by atoms with Gasteiger partial charge < -0.3 is 5.32 Å². The monoisotopic (exact) mass is 324 g/mol. The van der Waals surface area contributed by atoms with E-state index >= 15 is 0 Å². The number of thiazole rings is 1. The van der Waals surface area contributed by atoms with Crippen LogP contribution in [0.25, 0.3) is 21.8 Å². The predicted molar refractivity (Wildman–Crippen MR) is 90.0 cm³/mol. The average Bonchev–Trinajstić information content (AvgIpc) is 3.14. The van der Waals surface area contributed by atoms with Gasteiger partial charge in [0.2, 0.25) is 5.91 Å². The van der Waals surface area contributed by atoms with E-state index in [1.54, 1.807) is 12.1 Å². The molecule has 5 heteroatoms. The van der Waals surface area contributed by atoms with Crippen molar-refractivity contribution in [2.75, 3.05) is 5.32 Å². The second kappa shape index (κ2) is 5.28. The van der Waals surface area contributed by atoms with Gasteiger partial charge in [0.15, 0.2) is 0 Å². The Kier molecular flexibility index (Phi) is 3.23. The predicted octanol–water partition coefficient (Wildman–Crippen LogP) is 4.67. The molecular formula is C18H13FN2OS. The molecule has 23 heavy (non-hydrogen) atoms. The molecule has 2 aromatic carbocycles. The normalized spacial score (nSPS) is 16.3. The number of carbonyl (C=O) groups excluding carboxylic acids is 1. The van der Waals surface area contributed by atoms with Crippen molar-refractivity contribution in [2.45, 2.75) is 12.8 Å². The third-order valence-electron chi connectivity index (χ3n) is 4.06. The minimum absolute atomic E-state index is 0.0300. The fourth-order valence-corrected chi connectivity index (χ4v) is 3.54. The molecule has 2 heterocycles. The molecule has 0 saturated carbocycles. The Hall–Kier alpha value is -2.53. The van der Waals surface area contributed by atoms with E-state index in [4.69, 9.17) is 0 Å². The SMILES string of the molecule is C[C@@H]1C(=O)Nc2ccc(-c3csc(-c4ccc(F)cc4)n3)cc21. The molecule has 3 aromatic rings. The Morgan fingerprint density at radius 3 is 2.65 bits per heavy atom. The lowest BCUT2D eigenvalue weighted by Gasteiger charge is -2.04. The van der Waals surface area contributed by atoms with Crippen LogP contribution in [0.15, 0.2) is 47.8 Å². The van der Waals surface area contributed by atoms with Crippen LogP contribution in [-0.4, -0.2) is 10.9 Å². The molecule has 1 aromatic heterocycles. The molecule has 1 amide bonds. The van der Waals surface area contributed by atoms with Crippen LogP contribution in [0, 0.1) is 5.82 Å². The van der Waals surface area contributed by atoms with Gasteiger partial charge in [-0.25, -0.2) is 9.37 Å².